The number of para-hydroxylation sites is 2. The van der Waals surface area contributed by atoms with E-state index in [0.29, 0.717) is 22.5 Å². The number of aryl methyl sites for hydroxylation is 1. The van der Waals surface area contributed by atoms with Gasteiger partial charge in [0, 0.05) is 5.69 Å². The van der Waals surface area contributed by atoms with E-state index in [0.717, 1.165) is 9.87 Å². The Kier molecular flexibility index (Phi) is 6.53. The molecule has 0 radical (unpaired) electrons. The standard InChI is InChI=1S/C24H23N3O6S/c1-17-6-10-19(11-7-17)27(14-15-28)34(31,32)20-12-8-18(9-13-20)25-23(29)16-26-21-4-2-3-5-22(21)33-24(26)30/h2-13,28H,14-16H2,1H3,(H,25,29). The third-order valence-electron chi connectivity index (χ3n) is 5.23. The largest absolute Gasteiger partial charge is 0.420 e. The van der Waals surface area contributed by atoms with Crippen LogP contribution in [0.25, 0.3) is 11.1 Å². The van der Waals surface area contributed by atoms with Gasteiger partial charge in [0.1, 0.15) is 6.54 Å². The fourth-order valence-corrected chi connectivity index (χ4v) is 4.99. The summed E-state index contributed by atoms with van der Waals surface area (Å²) in [7, 11) is -3.94. The number of nitrogens with one attached hydrogen (secondary N) is 1. The smallest absolute Gasteiger partial charge is 0.408 e. The second kappa shape index (κ2) is 9.54. The molecule has 4 rings (SSSR count). The van der Waals surface area contributed by atoms with Gasteiger partial charge >= 0.3 is 5.76 Å². The Morgan fingerprint density at radius 3 is 2.38 bits per heavy atom. The van der Waals surface area contributed by atoms with Gasteiger partial charge in [0.2, 0.25) is 5.91 Å². The van der Waals surface area contributed by atoms with Gasteiger partial charge in [-0.1, -0.05) is 29.8 Å². The molecule has 0 unspecified atom stereocenters. The summed E-state index contributed by atoms with van der Waals surface area (Å²) in [6.07, 6.45) is 0. The van der Waals surface area contributed by atoms with Crippen molar-refractivity contribution in [2.75, 3.05) is 22.8 Å². The van der Waals surface area contributed by atoms with Crippen molar-refractivity contribution < 1.29 is 22.7 Å². The lowest BCUT2D eigenvalue weighted by Crippen LogP contribution is -2.33. The Labute approximate surface area is 195 Å². The van der Waals surface area contributed by atoms with E-state index in [9.17, 15) is 23.1 Å². The van der Waals surface area contributed by atoms with Crippen LogP contribution in [-0.2, 0) is 21.4 Å². The summed E-state index contributed by atoms with van der Waals surface area (Å²) in [6.45, 7) is 1.20. The minimum Gasteiger partial charge on any atom is -0.408 e. The number of aliphatic hydroxyl groups is 1. The molecule has 1 amide bonds. The van der Waals surface area contributed by atoms with Crippen molar-refractivity contribution in [3.05, 3.63) is 88.9 Å². The molecule has 34 heavy (non-hydrogen) atoms. The number of hydrogen-bond acceptors (Lipinski definition) is 6. The number of aliphatic hydroxyl groups excluding tert-OH is 1. The molecular formula is C24H23N3O6S. The van der Waals surface area contributed by atoms with Crippen LogP contribution in [0, 0.1) is 6.92 Å². The fourth-order valence-electron chi connectivity index (χ4n) is 3.54. The SMILES string of the molecule is Cc1ccc(N(CCO)S(=O)(=O)c2ccc(NC(=O)Cn3c(=O)oc4ccccc43)cc2)cc1. The van der Waals surface area contributed by atoms with Crippen LogP contribution in [0.3, 0.4) is 0 Å². The molecule has 2 N–H and O–H groups in total. The highest BCUT2D eigenvalue weighted by atomic mass is 32.2. The van der Waals surface area contributed by atoms with Gasteiger partial charge < -0.3 is 14.8 Å². The van der Waals surface area contributed by atoms with Crippen LogP contribution in [0.1, 0.15) is 5.56 Å². The average Bonchev–Trinajstić information content (AvgIpc) is 3.13. The highest BCUT2D eigenvalue weighted by Crippen LogP contribution is 2.25. The number of aromatic nitrogens is 1. The number of hydrogen-bond donors (Lipinski definition) is 2. The molecule has 9 nitrogen and oxygen atoms in total. The number of carbonyl (C=O) groups excluding carboxylic acids is 1. The minimum atomic E-state index is -3.94. The zero-order valence-electron chi connectivity index (χ0n) is 18.3. The Hall–Kier alpha value is -3.89. The number of oxazole rings is 1. The molecule has 0 bridgehead atoms. The first-order chi connectivity index (χ1) is 16.3. The lowest BCUT2D eigenvalue weighted by atomic mass is 10.2. The van der Waals surface area contributed by atoms with Crippen molar-refractivity contribution in [1.82, 2.24) is 4.57 Å². The molecule has 1 aromatic heterocycles. The summed E-state index contributed by atoms with van der Waals surface area (Å²) >= 11 is 0. The van der Waals surface area contributed by atoms with Crippen LogP contribution in [0.15, 0.2) is 86.9 Å². The Balaban J connectivity index is 1.51. The third kappa shape index (κ3) is 4.73. The molecule has 0 saturated carbocycles. The molecule has 3 aromatic carbocycles. The van der Waals surface area contributed by atoms with E-state index in [1.165, 1.54) is 28.8 Å². The molecule has 0 fully saturated rings. The summed E-state index contributed by atoms with van der Waals surface area (Å²) in [5.41, 5.74) is 2.68. The van der Waals surface area contributed by atoms with E-state index in [2.05, 4.69) is 5.32 Å². The second-order valence-electron chi connectivity index (χ2n) is 7.63. The first-order valence-electron chi connectivity index (χ1n) is 10.5. The van der Waals surface area contributed by atoms with E-state index in [1.54, 1.807) is 48.5 Å². The fraction of sp³-hybridized carbons (Fsp3) is 0.167. The van der Waals surface area contributed by atoms with Crippen molar-refractivity contribution in [3.8, 4) is 0 Å². The molecule has 176 valence electrons. The van der Waals surface area contributed by atoms with Crippen molar-refractivity contribution in [1.29, 1.82) is 0 Å². The van der Waals surface area contributed by atoms with Crippen LogP contribution in [0.2, 0.25) is 0 Å². The van der Waals surface area contributed by atoms with Gasteiger partial charge in [-0.15, -0.1) is 0 Å². The summed E-state index contributed by atoms with van der Waals surface area (Å²) in [5.74, 6) is -1.11. The first-order valence-corrected chi connectivity index (χ1v) is 11.9. The summed E-state index contributed by atoms with van der Waals surface area (Å²) < 4.78 is 33.9. The summed E-state index contributed by atoms with van der Waals surface area (Å²) in [4.78, 5) is 24.6. The maximum atomic E-state index is 13.2. The third-order valence-corrected chi connectivity index (χ3v) is 7.07. The van der Waals surface area contributed by atoms with Gasteiger partial charge in [-0.3, -0.25) is 13.7 Å². The van der Waals surface area contributed by atoms with Crippen LogP contribution in [0.5, 0.6) is 0 Å². The number of nitrogens with zero attached hydrogens (tertiary/aromatic N) is 2. The molecule has 10 heteroatoms. The van der Waals surface area contributed by atoms with Gasteiger partial charge in [-0.05, 0) is 55.5 Å². The summed E-state index contributed by atoms with van der Waals surface area (Å²) in [5, 5.41) is 12.1. The van der Waals surface area contributed by atoms with Gasteiger partial charge in [-0.25, -0.2) is 13.2 Å². The quantitative estimate of drug-likeness (QED) is 0.399. The van der Waals surface area contributed by atoms with E-state index in [1.807, 2.05) is 6.92 Å². The highest BCUT2D eigenvalue weighted by molar-refractivity contribution is 7.92. The zero-order valence-corrected chi connectivity index (χ0v) is 19.2. The number of fused-ring (bicyclic) bond motifs is 1. The van der Waals surface area contributed by atoms with Crippen LogP contribution < -0.4 is 15.4 Å². The topological polar surface area (TPSA) is 122 Å². The molecule has 0 aliphatic rings. The predicted molar refractivity (Wildman–Crippen MR) is 128 cm³/mol. The first kappa shape index (κ1) is 23.3. The number of sulfonamides is 1. The number of amides is 1. The lowest BCUT2D eigenvalue weighted by molar-refractivity contribution is -0.116. The molecule has 0 saturated heterocycles. The number of carbonyl (C=O) groups is 1. The van der Waals surface area contributed by atoms with Gasteiger partial charge in [0.05, 0.1) is 29.3 Å². The molecule has 0 atom stereocenters. The zero-order chi connectivity index (χ0) is 24.3. The highest BCUT2D eigenvalue weighted by Gasteiger charge is 2.24. The van der Waals surface area contributed by atoms with E-state index >= 15 is 0 Å². The normalized spacial score (nSPS) is 11.5. The second-order valence-corrected chi connectivity index (χ2v) is 9.49. The van der Waals surface area contributed by atoms with Crippen LogP contribution in [-0.4, -0.2) is 37.2 Å². The molecule has 1 heterocycles. The minimum absolute atomic E-state index is 0.0107. The average molecular weight is 482 g/mol. The van der Waals surface area contributed by atoms with Crippen molar-refractivity contribution in [2.24, 2.45) is 0 Å². The predicted octanol–water partition coefficient (Wildman–Crippen LogP) is 2.73. The molecule has 4 aromatic rings. The number of rotatable bonds is 8. The van der Waals surface area contributed by atoms with E-state index < -0.39 is 21.7 Å². The Morgan fingerprint density at radius 1 is 1.03 bits per heavy atom. The van der Waals surface area contributed by atoms with Crippen molar-refractivity contribution >= 4 is 38.4 Å². The maximum Gasteiger partial charge on any atom is 0.420 e. The molecule has 0 aliphatic carbocycles. The van der Waals surface area contributed by atoms with Gasteiger partial charge in [-0.2, -0.15) is 0 Å². The molecular weight excluding hydrogens is 458 g/mol. The Bertz CT molecular complexity index is 1470. The summed E-state index contributed by atoms with van der Waals surface area (Å²) in [6, 6.07) is 19.4. The van der Waals surface area contributed by atoms with Crippen LogP contribution in [0.4, 0.5) is 11.4 Å². The number of anilines is 2. The van der Waals surface area contributed by atoms with E-state index in [4.69, 9.17) is 4.42 Å². The number of benzene rings is 3. The van der Waals surface area contributed by atoms with Gasteiger partial charge in [0.15, 0.2) is 5.58 Å². The molecule has 0 aliphatic heterocycles. The van der Waals surface area contributed by atoms with Crippen LogP contribution >= 0.6 is 0 Å². The van der Waals surface area contributed by atoms with E-state index in [-0.39, 0.29) is 24.6 Å². The van der Waals surface area contributed by atoms with Crippen molar-refractivity contribution in [2.45, 2.75) is 18.4 Å². The lowest BCUT2D eigenvalue weighted by Gasteiger charge is -2.24. The Morgan fingerprint density at radius 2 is 1.71 bits per heavy atom. The molecule has 0 spiro atoms. The monoisotopic (exact) mass is 481 g/mol. The van der Waals surface area contributed by atoms with Gasteiger partial charge in [0.25, 0.3) is 10.0 Å². The van der Waals surface area contributed by atoms with Crippen molar-refractivity contribution in [3.63, 3.8) is 0 Å². The maximum absolute atomic E-state index is 13.2.